The SMILES string of the molecule is CCOc1ccc(NC(=O)c2ccc(Cl)c(Cl)c2)cc1S(=O)(=O)N1CCOCC1. The van der Waals surface area contributed by atoms with E-state index >= 15 is 0 Å². The molecule has 1 N–H and O–H groups in total. The minimum Gasteiger partial charge on any atom is -0.492 e. The predicted octanol–water partition coefficient (Wildman–Crippen LogP) is 3.67. The Morgan fingerprint density at radius 2 is 1.86 bits per heavy atom. The quantitative estimate of drug-likeness (QED) is 0.713. The topological polar surface area (TPSA) is 84.9 Å². The van der Waals surface area contributed by atoms with Crippen LogP contribution in [0.5, 0.6) is 5.75 Å². The molecule has 0 atom stereocenters. The molecule has 3 rings (SSSR count). The lowest BCUT2D eigenvalue weighted by atomic mass is 10.2. The van der Waals surface area contributed by atoms with Gasteiger partial charge in [0.2, 0.25) is 10.0 Å². The Hall–Kier alpha value is -1.84. The third-order valence-corrected chi connectivity index (χ3v) is 6.93. The van der Waals surface area contributed by atoms with Gasteiger partial charge in [-0.25, -0.2) is 8.42 Å². The van der Waals surface area contributed by atoms with Crippen molar-refractivity contribution in [1.82, 2.24) is 4.31 Å². The van der Waals surface area contributed by atoms with Gasteiger partial charge in [-0.1, -0.05) is 23.2 Å². The number of morpholine rings is 1. The highest BCUT2D eigenvalue weighted by molar-refractivity contribution is 7.89. The molecule has 1 aliphatic rings. The van der Waals surface area contributed by atoms with Crippen molar-refractivity contribution in [2.24, 2.45) is 0 Å². The van der Waals surface area contributed by atoms with E-state index in [0.29, 0.717) is 36.1 Å². The first kappa shape index (κ1) is 21.9. The molecule has 0 bridgehead atoms. The van der Waals surface area contributed by atoms with Gasteiger partial charge in [-0.05, 0) is 43.3 Å². The van der Waals surface area contributed by atoms with Crippen LogP contribution in [0, 0.1) is 0 Å². The molecule has 7 nitrogen and oxygen atoms in total. The van der Waals surface area contributed by atoms with Gasteiger partial charge in [0.05, 0.1) is 29.9 Å². The molecule has 2 aromatic rings. The Bertz CT molecular complexity index is 1010. The lowest BCUT2D eigenvalue weighted by Gasteiger charge is -2.27. The number of ether oxygens (including phenoxy) is 2. The zero-order valence-corrected chi connectivity index (χ0v) is 18.0. The summed E-state index contributed by atoms with van der Waals surface area (Å²) in [4.78, 5) is 12.5. The number of benzene rings is 2. The van der Waals surface area contributed by atoms with E-state index in [1.807, 2.05) is 0 Å². The van der Waals surface area contributed by atoms with Crippen LogP contribution in [-0.4, -0.2) is 51.5 Å². The number of carbonyl (C=O) groups is 1. The van der Waals surface area contributed by atoms with Gasteiger partial charge in [0, 0.05) is 24.3 Å². The van der Waals surface area contributed by atoms with Crippen LogP contribution in [0.2, 0.25) is 10.0 Å². The number of hydrogen-bond donors (Lipinski definition) is 1. The summed E-state index contributed by atoms with van der Waals surface area (Å²) in [6, 6.07) is 9.00. The lowest BCUT2D eigenvalue weighted by Crippen LogP contribution is -2.40. The summed E-state index contributed by atoms with van der Waals surface area (Å²) < 4.78 is 38.3. The highest BCUT2D eigenvalue weighted by Crippen LogP contribution is 2.31. The number of hydrogen-bond acceptors (Lipinski definition) is 5. The number of anilines is 1. The minimum absolute atomic E-state index is 0.00631. The zero-order valence-electron chi connectivity index (χ0n) is 15.7. The third kappa shape index (κ3) is 5.02. The van der Waals surface area contributed by atoms with Crippen molar-refractivity contribution >= 4 is 44.8 Å². The van der Waals surface area contributed by atoms with Gasteiger partial charge in [0.25, 0.3) is 5.91 Å². The number of sulfonamides is 1. The molecule has 1 heterocycles. The van der Waals surface area contributed by atoms with Crippen LogP contribution in [0.1, 0.15) is 17.3 Å². The predicted molar refractivity (Wildman–Crippen MR) is 112 cm³/mol. The largest absolute Gasteiger partial charge is 0.492 e. The molecule has 0 saturated carbocycles. The number of nitrogens with one attached hydrogen (secondary N) is 1. The van der Waals surface area contributed by atoms with Crippen LogP contribution in [0.4, 0.5) is 5.69 Å². The number of nitrogens with zero attached hydrogens (tertiary/aromatic N) is 1. The normalized spacial score (nSPS) is 15.1. The summed E-state index contributed by atoms with van der Waals surface area (Å²) >= 11 is 11.8. The van der Waals surface area contributed by atoms with Gasteiger partial charge in [0.15, 0.2) is 0 Å². The highest BCUT2D eigenvalue weighted by atomic mass is 35.5. The van der Waals surface area contributed by atoms with Crippen LogP contribution in [0.15, 0.2) is 41.3 Å². The number of halogens is 2. The number of amides is 1. The van der Waals surface area contributed by atoms with E-state index in [2.05, 4.69) is 5.32 Å². The Kier molecular flexibility index (Phi) is 7.02. The molecule has 156 valence electrons. The smallest absolute Gasteiger partial charge is 0.255 e. The second-order valence-corrected chi connectivity index (χ2v) is 8.91. The van der Waals surface area contributed by atoms with Gasteiger partial charge in [0.1, 0.15) is 10.6 Å². The van der Waals surface area contributed by atoms with E-state index in [1.54, 1.807) is 13.0 Å². The number of carbonyl (C=O) groups excluding carboxylic acids is 1. The second kappa shape index (κ2) is 9.32. The molecular weight excluding hydrogens is 439 g/mol. The van der Waals surface area contributed by atoms with Crippen LogP contribution in [0.3, 0.4) is 0 Å². The standard InChI is InChI=1S/C19H20Cl2N2O5S/c1-2-28-17-6-4-14(22-19(24)13-3-5-15(20)16(21)11-13)12-18(17)29(25,26)23-7-9-27-10-8-23/h3-6,11-12H,2,7-10H2,1H3,(H,22,24). The average Bonchev–Trinajstić information content (AvgIpc) is 2.72. The van der Waals surface area contributed by atoms with Crippen LogP contribution in [0.25, 0.3) is 0 Å². The molecular formula is C19H20Cl2N2O5S. The second-order valence-electron chi connectivity index (χ2n) is 6.19. The molecule has 1 amide bonds. The molecule has 1 fully saturated rings. The maximum atomic E-state index is 13.1. The first-order valence-electron chi connectivity index (χ1n) is 8.94. The van der Waals surface area contributed by atoms with Gasteiger partial charge >= 0.3 is 0 Å². The van der Waals surface area contributed by atoms with Crippen LogP contribution in [-0.2, 0) is 14.8 Å². The molecule has 1 aliphatic heterocycles. The van der Waals surface area contributed by atoms with Crippen molar-refractivity contribution in [3.05, 3.63) is 52.0 Å². The first-order chi connectivity index (χ1) is 13.8. The summed E-state index contributed by atoms with van der Waals surface area (Å²) in [6.45, 7) is 3.25. The fourth-order valence-electron chi connectivity index (χ4n) is 2.83. The fourth-order valence-corrected chi connectivity index (χ4v) is 4.69. The van der Waals surface area contributed by atoms with Gasteiger partial charge in [-0.15, -0.1) is 0 Å². The monoisotopic (exact) mass is 458 g/mol. The summed E-state index contributed by atoms with van der Waals surface area (Å²) in [5, 5.41) is 3.27. The minimum atomic E-state index is -3.81. The van der Waals surface area contributed by atoms with Crippen LogP contribution < -0.4 is 10.1 Å². The van der Waals surface area contributed by atoms with E-state index in [-0.39, 0.29) is 28.8 Å². The Morgan fingerprint density at radius 3 is 2.52 bits per heavy atom. The maximum absolute atomic E-state index is 13.1. The van der Waals surface area contributed by atoms with Crippen molar-refractivity contribution < 1.29 is 22.7 Å². The van der Waals surface area contributed by atoms with Crippen LogP contribution >= 0.6 is 23.2 Å². The van der Waals surface area contributed by atoms with Crippen molar-refractivity contribution in [2.45, 2.75) is 11.8 Å². The molecule has 0 radical (unpaired) electrons. The third-order valence-electron chi connectivity index (χ3n) is 4.27. The molecule has 2 aromatic carbocycles. The van der Waals surface area contributed by atoms with Gasteiger partial charge in [-0.3, -0.25) is 4.79 Å². The van der Waals surface area contributed by atoms with Crippen molar-refractivity contribution in [2.75, 3.05) is 38.2 Å². The van der Waals surface area contributed by atoms with Gasteiger partial charge < -0.3 is 14.8 Å². The molecule has 10 heteroatoms. The molecule has 1 saturated heterocycles. The maximum Gasteiger partial charge on any atom is 0.255 e. The summed E-state index contributed by atoms with van der Waals surface area (Å²) in [6.07, 6.45) is 0. The molecule has 0 aromatic heterocycles. The van der Waals surface area contributed by atoms with Gasteiger partial charge in [-0.2, -0.15) is 4.31 Å². The van der Waals surface area contributed by atoms with Crippen molar-refractivity contribution in [1.29, 1.82) is 0 Å². The zero-order chi connectivity index (χ0) is 21.0. The Morgan fingerprint density at radius 1 is 1.14 bits per heavy atom. The summed E-state index contributed by atoms with van der Waals surface area (Å²) in [5.41, 5.74) is 0.613. The highest BCUT2D eigenvalue weighted by Gasteiger charge is 2.29. The first-order valence-corrected chi connectivity index (χ1v) is 11.1. The fraction of sp³-hybridized carbons (Fsp3) is 0.316. The van der Waals surface area contributed by atoms with E-state index in [4.69, 9.17) is 32.7 Å². The lowest BCUT2D eigenvalue weighted by molar-refractivity contribution is 0.0729. The van der Waals surface area contributed by atoms with E-state index < -0.39 is 15.9 Å². The summed E-state index contributed by atoms with van der Waals surface area (Å²) in [7, 11) is -3.81. The van der Waals surface area contributed by atoms with Crippen molar-refractivity contribution in [3.63, 3.8) is 0 Å². The molecule has 29 heavy (non-hydrogen) atoms. The summed E-state index contributed by atoms with van der Waals surface area (Å²) in [5.74, 6) is -0.214. The van der Waals surface area contributed by atoms with E-state index in [1.165, 1.54) is 34.6 Å². The Balaban J connectivity index is 1.91. The van der Waals surface area contributed by atoms with E-state index in [0.717, 1.165) is 0 Å². The Labute approximate surface area is 179 Å². The number of rotatable bonds is 6. The van der Waals surface area contributed by atoms with Crippen molar-refractivity contribution in [3.8, 4) is 5.75 Å². The molecule has 0 unspecified atom stereocenters. The van der Waals surface area contributed by atoms with E-state index in [9.17, 15) is 13.2 Å². The molecule has 0 spiro atoms. The molecule has 0 aliphatic carbocycles. The average molecular weight is 459 g/mol.